The van der Waals surface area contributed by atoms with E-state index in [1.165, 1.54) is 6.07 Å². The number of hydrogen-bond donors (Lipinski definition) is 2. The molecular formula is C43H53F3N6O4S. The zero-order chi connectivity index (χ0) is 41.0. The van der Waals surface area contributed by atoms with Crippen LogP contribution in [0.2, 0.25) is 0 Å². The molecule has 57 heavy (non-hydrogen) atoms. The average molecular weight is 807 g/mol. The summed E-state index contributed by atoms with van der Waals surface area (Å²) in [5.74, 6) is -0.403. The molecule has 2 amide bonds. The van der Waals surface area contributed by atoms with Gasteiger partial charge in [-0.1, -0.05) is 24.3 Å². The highest BCUT2D eigenvalue weighted by atomic mass is 32.2. The molecule has 14 heteroatoms. The number of aliphatic hydroxyl groups is 2. The lowest BCUT2D eigenvalue weighted by molar-refractivity contribution is -0.0328. The Morgan fingerprint density at radius 2 is 1.23 bits per heavy atom. The summed E-state index contributed by atoms with van der Waals surface area (Å²) in [5, 5.41) is 29.9. The molecule has 2 aromatic carbocycles. The molecule has 0 radical (unpaired) electrons. The topological polar surface area (TPSA) is 117 Å². The van der Waals surface area contributed by atoms with Crippen LogP contribution in [0.15, 0.2) is 72.1 Å². The molecule has 4 aromatic rings. The maximum atomic E-state index is 14.3. The van der Waals surface area contributed by atoms with Crippen molar-refractivity contribution in [2.75, 3.05) is 13.1 Å². The normalized spacial score (nSPS) is 24.7. The van der Waals surface area contributed by atoms with Crippen LogP contribution in [-0.2, 0) is 11.2 Å². The van der Waals surface area contributed by atoms with Crippen LogP contribution < -0.4 is 0 Å². The molecule has 2 saturated heterocycles. The summed E-state index contributed by atoms with van der Waals surface area (Å²) >= 11 is -0.264. The number of piperidine rings is 2. The quantitative estimate of drug-likeness (QED) is 0.163. The Hall–Kier alpha value is -4.14. The van der Waals surface area contributed by atoms with E-state index in [2.05, 4.69) is 17.1 Å². The van der Waals surface area contributed by atoms with Crippen LogP contribution in [0.3, 0.4) is 0 Å². The number of benzene rings is 2. The van der Waals surface area contributed by atoms with Gasteiger partial charge in [0, 0.05) is 59.2 Å². The molecule has 2 aliphatic heterocycles. The largest absolute Gasteiger partial charge is 0.446 e. The van der Waals surface area contributed by atoms with E-state index in [0.717, 1.165) is 36.0 Å². The van der Waals surface area contributed by atoms with Crippen LogP contribution in [0.25, 0.3) is 0 Å². The van der Waals surface area contributed by atoms with Gasteiger partial charge in [-0.3, -0.25) is 19.0 Å². The van der Waals surface area contributed by atoms with Crippen molar-refractivity contribution in [1.29, 1.82) is 0 Å². The number of nitrogens with zero attached hydrogens (tertiary/aromatic N) is 6. The van der Waals surface area contributed by atoms with Crippen molar-refractivity contribution in [3.05, 3.63) is 101 Å². The molecule has 1 aliphatic carbocycles. The van der Waals surface area contributed by atoms with Gasteiger partial charge in [0.25, 0.3) is 11.8 Å². The third-order valence-corrected chi connectivity index (χ3v) is 13.1. The Morgan fingerprint density at radius 3 is 1.72 bits per heavy atom. The van der Waals surface area contributed by atoms with Gasteiger partial charge in [-0.2, -0.15) is 23.4 Å². The molecule has 0 bridgehead atoms. The number of carbonyl (C=O) groups is 2. The van der Waals surface area contributed by atoms with Crippen LogP contribution in [0, 0.1) is 0 Å². The predicted molar refractivity (Wildman–Crippen MR) is 212 cm³/mol. The van der Waals surface area contributed by atoms with Crippen molar-refractivity contribution in [2.45, 2.75) is 138 Å². The number of aromatic nitrogens is 4. The molecule has 1 saturated carbocycles. The highest BCUT2D eigenvalue weighted by Crippen LogP contribution is 2.50. The van der Waals surface area contributed by atoms with E-state index in [4.69, 9.17) is 0 Å². The summed E-state index contributed by atoms with van der Waals surface area (Å²) in [5.41, 5.74) is -2.85. The maximum Gasteiger partial charge on any atom is 0.446 e. The fraction of sp³-hybridized carbons (Fsp3) is 0.535. The number of carbonyl (C=O) groups excluding carboxylic acids is 2. The van der Waals surface area contributed by atoms with E-state index in [1.54, 1.807) is 68.0 Å². The lowest BCUT2D eigenvalue weighted by Gasteiger charge is -2.40. The Labute approximate surface area is 336 Å². The van der Waals surface area contributed by atoms with Gasteiger partial charge in [0.15, 0.2) is 0 Å². The molecule has 4 heterocycles. The highest BCUT2D eigenvalue weighted by Gasteiger charge is 2.40. The van der Waals surface area contributed by atoms with Gasteiger partial charge in [-0.05, 0) is 133 Å². The molecule has 10 nitrogen and oxygen atoms in total. The first-order chi connectivity index (χ1) is 26.8. The van der Waals surface area contributed by atoms with Crippen molar-refractivity contribution >= 4 is 23.6 Å². The molecule has 306 valence electrons. The molecule has 3 aliphatic rings. The lowest BCUT2D eigenvalue weighted by Crippen LogP contribution is -2.46. The summed E-state index contributed by atoms with van der Waals surface area (Å²) in [4.78, 5) is 32.0. The SMILES string of the molecule is C[C@@H]1CC[C@@H](n2cc(C(C)(C)O)cn2)CN1C(=O)c1cc(C2CC(c3ccccc3C(=O)N3C[C@H](n4cc(C(C)(C)O)cn4)CC[C@H]3C)C2)ccc1SC(F)(F)F. The molecule has 3 fully saturated rings. The van der Waals surface area contributed by atoms with Gasteiger partial charge < -0.3 is 20.0 Å². The van der Waals surface area contributed by atoms with E-state index in [0.29, 0.717) is 36.9 Å². The lowest BCUT2D eigenvalue weighted by atomic mass is 9.67. The van der Waals surface area contributed by atoms with E-state index in [9.17, 15) is 33.0 Å². The number of hydrogen-bond acceptors (Lipinski definition) is 7. The fourth-order valence-corrected chi connectivity index (χ4v) is 9.21. The second kappa shape index (κ2) is 15.6. The molecule has 4 atom stereocenters. The number of rotatable bonds is 9. The van der Waals surface area contributed by atoms with Crippen LogP contribution >= 0.6 is 11.8 Å². The van der Waals surface area contributed by atoms with E-state index in [1.807, 2.05) is 47.0 Å². The summed E-state index contributed by atoms with van der Waals surface area (Å²) in [7, 11) is 0. The van der Waals surface area contributed by atoms with Gasteiger partial charge in [0.05, 0.1) is 41.2 Å². The van der Waals surface area contributed by atoms with Crippen LogP contribution in [0.5, 0.6) is 0 Å². The Kier molecular flexibility index (Phi) is 11.2. The minimum atomic E-state index is -4.57. The summed E-state index contributed by atoms with van der Waals surface area (Å²) in [6.45, 7) is 11.6. The summed E-state index contributed by atoms with van der Waals surface area (Å²) < 4.78 is 45.1. The zero-order valence-corrected chi connectivity index (χ0v) is 34.2. The number of alkyl halides is 3. The molecule has 0 unspecified atom stereocenters. The van der Waals surface area contributed by atoms with Crippen molar-refractivity contribution in [2.24, 2.45) is 0 Å². The second-order valence-corrected chi connectivity index (χ2v) is 18.5. The summed E-state index contributed by atoms with van der Waals surface area (Å²) in [6, 6.07) is 12.1. The van der Waals surface area contributed by atoms with Crippen LogP contribution in [0.4, 0.5) is 13.2 Å². The monoisotopic (exact) mass is 806 g/mol. The Balaban J connectivity index is 1.08. The van der Waals surface area contributed by atoms with Crippen molar-refractivity contribution in [3.63, 3.8) is 0 Å². The minimum absolute atomic E-state index is 0.00795. The number of likely N-dealkylation sites (tertiary alicyclic amines) is 2. The van der Waals surface area contributed by atoms with Crippen molar-refractivity contribution < 1.29 is 33.0 Å². The fourth-order valence-electron chi connectivity index (χ4n) is 8.56. The minimum Gasteiger partial charge on any atom is -0.386 e. The first kappa shape index (κ1) is 41.0. The van der Waals surface area contributed by atoms with E-state index < -0.39 is 22.6 Å². The highest BCUT2D eigenvalue weighted by molar-refractivity contribution is 8.00. The van der Waals surface area contributed by atoms with Crippen molar-refractivity contribution in [1.82, 2.24) is 29.4 Å². The smallest absolute Gasteiger partial charge is 0.386 e. The van der Waals surface area contributed by atoms with Gasteiger partial charge in [-0.25, -0.2) is 0 Å². The van der Waals surface area contributed by atoms with Gasteiger partial charge in [-0.15, -0.1) is 0 Å². The Bertz CT molecular complexity index is 2100. The second-order valence-electron chi connectivity index (χ2n) is 17.4. The average Bonchev–Trinajstić information content (AvgIpc) is 3.83. The van der Waals surface area contributed by atoms with Crippen molar-refractivity contribution in [3.8, 4) is 0 Å². The van der Waals surface area contributed by atoms with Gasteiger partial charge in [0.1, 0.15) is 0 Å². The molecule has 2 aromatic heterocycles. The molecule has 2 N–H and O–H groups in total. The van der Waals surface area contributed by atoms with E-state index >= 15 is 0 Å². The number of halogens is 3. The first-order valence-electron chi connectivity index (χ1n) is 19.9. The summed E-state index contributed by atoms with van der Waals surface area (Å²) in [6.07, 6.45) is 11.4. The Morgan fingerprint density at radius 1 is 0.719 bits per heavy atom. The third-order valence-electron chi connectivity index (χ3n) is 12.3. The third kappa shape index (κ3) is 8.83. The standard InChI is InChI=1S/C43H53F3N6O4S/c1-26-11-14-33(51-22-31(20-47-51)41(3,4)55)24-49(26)39(53)36-10-8-7-9-35(36)30-17-29(18-30)28-13-16-38(57-43(44,45)46)37(19-28)40(54)50-25-34(15-12-27(50)2)52-23-32(21-48-52)42(5,6)56/h7-10,13,16,19-23,26-27,29-30,33-34,55-56H,11-12,14-15,17-18,24-25H2,1-6H3/t26-,27-,29?,30?,33-,34-/m1/s1. The molecular weight excluding hydrogens is 754 g/mol. The van der Waals surface area contributed by atoms with Crippen LogP contribution in [-0.4, -0.2) is 82.1 Å². The van der Waals surface area contributed by atoms with E-state index in [-0.39, 0.29) is 70.7 Å². The zero-order valence-electron chi connectivity index (χ0n) is 33.4. The van der Waals surface area contributed by atoms with Crippen LogP contribution in [0.1, 0.15) is 147 Å². The van der Waals surface area contributed by atoms with Gasteiger partial charge in [0.2, 0.25) is 0 Å². The predicted octanol–water partition coefficient (Wildman–Crippen LogP) is 8.54. The first-order valence-corrected chi connectivity index (χ1v) is 20.7. The molecule has 7 rings (SSSR count). The number of amides is 2. The maximum absolute atomic E-state index is 14.3. The number of thioether (sulfide) groups is 1. The molecule has 0 spiro atoms. The van der Waals surface area contributed by atoms with Gasteiger partial charge >= 0.3 is 5.51 Å².